The van der Waals surface area contributed by atoms with Gasteiger partial charge in [-0.25, -0.2) is 9.18 Å². The van der Waals surface area contributed by atoms with Crippen molar-refractivity contribution < 1.29 is 13.6 Å². The number of para-hydroxylation sites is 2. The van der Waals surface area contributed by atoms with E-state index in [1.807, 2.05) is 37.3 Å². The molecule has 0 fully saturated rings. The summed E-state index contributed by atoms with van der Waals surface area (Å²) in [4.78, 5) is 13.8. The summed E-state index contributed by atoms with van der Waals surface area (Å²) >= 11 is 0. The first-order chi connectivity index (χ1) is 11.1. The Bertz CT molecular complexity index is 811. The zero-order valence-corrected chi connectivity index (χ0v) is 12.9. The van der Waals surface area contributed by atoms with Crippen LogP contribution >= 0.6 is 0 Å². The molecule has 3 rings (SSSR count). The molecule has 4 nitrogen and oxygen atoms in total. The van der Waals surface area contributed by atoms with Gasteiger partial charge in [-0.1, -0.05) is 30.3 Å². The number of halogens is 1. The first-order valence-corrected chi connectivity index (χ1v) is 7.33. The minimum atomic E-state index is -0.467. The predicted molar refractivity (Wildman–Crippen MR) is 87.8 cm³/mol. The lowest BCUT2D eigenvalue weighted by molar-refractivity contribution is 0.201. The minimum Gasteiger partial charge on any atom is -0.459 e. The first kappa shape index (κ1) is 15.1. The molecule has 23 heavy (non-hydrogen) atoms. The van der Waals surface area contributed by atoms with Crippen LogP contribution in [0.1, 0.15) is 18.7 Å². The molecule has 2 amide bonds. The van der Waals surface area contributed by atoms with Crippen LogP contribution in [0.2, 0.25) is 0 Å². The summed E-state index contributed by atoms with van der Waals surface area (Å²) in [5, 5.41) is 3.55. The van der Waals surface area contributed by atoms with E-state index < -0.39 is 11.8 Å². The smallest absolute Gasteiger partial charge is 0.322 e. The number of carbonyl (C=O) groups is 1. The lowest BCUT2D eigenvalue weighted by atomic mass is 10.2. The van der Waals surface area contributed by atoms with E-state index in [0.717, 1.165) is 11.0 Å². The van der Waals surface area contributed by atoms with E-state index in [4.69, 9.17) is 4.42 Å². The van der Waals surface area contributed by atoms with Crippen LogP contribution in [0.15, 0.2) is 59.0 Å². The molecule has 0 saturated heterocycles. The van der Waals surface area contributed by atoms with Gasteiger partial charge in [0.15, 0.2) is 0 Å². The number of fused-ring (bicyclic) bond motifs is 1. The third-order valence-electron chi connectivity index (χ3n) is 3.87. The highest BCUT2D eigenvalue weighted by Gasteiger charge is 2.21. The van der Waals surface area contributed by atoms with Gasteiger partial charge in [0.25, 0.3) is 0 Å². The van der Waals surface area contributed by atoms with Gasteiger partial charge in [0.05, 0.1) is 11.7 Å². The topological polar surface area (TPSA) is 45.5 Å². The van der Waals surface area contributed by atoms with Crippen LogP contribution in [0.5, 0.6) is 0 Å². The van der Waals surface area contributed by atoms with Crippen LogP contribution < -0.4 is 5.32 Å². The number of nitrogens with zero attached hydrogens (tertiary/aromatic N) is 1. The fraction of sp³-hybridized carbons (Fsp3) is 0.167. The van der Waals surface area contributed by atoms with Crippen molar-refractivity contribution in [3.8, 4) is 0 Å². The lowest BCUT2D eigenvalue weighted by Crippen LogP contribution is -2.33. The Morgan fingerprint density at radius 1 is 1.17 bits per heavy atom. The summed E-state index contributed by atoms with van der Waals surface area (Å²) in [6, 6.07) is 15.0. The standard InChI is InChI=1S/C18H17FN2O2/c1-12(17-11-13-7-3-6-10-16(13)23-17)21(2)18(22)20-15-9-5-4-8-14(15)19/h3-12H,1-2H3,(H,20,22). The summed E-state index contributed by atoms with van der Waals surface area (Å²) in [7, 11) is 1.65. The van der Waals surface area contributed by atoms with Crippen molar-refractivity contribution in [1.82, 2.24) is 4.90 Å². The van der Waals surface area contributed by atoms with Crippen LogP contribution in [0.25, 0.3) is 11.0 Å². The predicted octanol–water partition coefficient (Wildman–Crippen LogP) is 4.80. The highest BCUT2D eigenvalue weighted by Crippen LogP contribution is 2.27. The molecule has 2 aromatic carbocycles. The molecule has 1 N–H and O–H groups in total. The number of nitrogens with one attached hydrogen (secondary N) is 1. The summed E-state index contributed by atoms with van der Waals surface area (Å²) in [6.07, 6.45) is 0. The molecule has 0 bridgehead atoms. The highest BCUT2D eigenvalue weighted by atomic mass is 19.1. The number of amides is 2. The molecule has 0 aliphatic rings. The number of hydrogen-bond acceptors (Lipinski definition) is 2. The van der Waals surface area contributed by atoms with E-state index in [2.05, 4.69) is 5.32 Å². The second kappa shape index (κ2) is 6.12. The van der Waals surface area contributed by atoms with Crippen molar-refractivity contribution in [2.45, 2.75) is 13.0 Å². The first-order valence-electron chi connectivity index (χ1n) is 7.33. The molecule has 5 heteroatoms. The Balaban J connectivity index is 1.77. The summed E-state index contributed by atoms with van der Waals surface area (Å²) in [5.41, 5.74) is 0.929. The number of benzene rings is 2. The van der Waals surface area contributed by atoms with Crippen molar-refractivity contribution in [2.24, 2.45) is 0 Å². The number of carbonyl (C=O) groups excluding carboxylic acids is 1. The molecular formula is C18H17FN2O2. The minimum absolute atomic E-state index is 0.154. The molecule has 0 spiro atoms. The number of urea groups is 1. The molecule has 118 valence electrons. The van der Waals surface area contributed by atoms with E-state index in [0.29, 0.717) is 5.76 Å². The van der Waals surface area contributed by atoms with Gasteiger partial charge >= 0.3 is 6.03 Å². The SMILES string of the molecule is CC(c1cc2ccccc2o1)N(C)C(=O)Nc1ccccc1F. The molecule has 0 radical (unpaired) electrons. The van der Waals surface area contributed by atoms with Gasteiger partial charge in [0, 0.05) is 12.4 Å². The van der Waals surface area contributed by atoms with E-state index in [9.17, 15) is 9.18 Å². The van der Waals surface area contributed by atoms with Gasteiger partial charge in [0.2, 0.25) is 0 Å². The molecule has 0 aliphatic carbocycles. The van der Waals surface area contributed by atoms with Crippen molar-refractivity contribution in [2.75, 3.05) is 12.4 Å². The molecule has 0 aliphatic heterocycles. The van der Waals surface area contributed by atoms with Gasteiger partial charge in [-0.3, -0.25) is 0 Å². The average molecular weight is 312 g/mol. The van der Waals surface area contributed by atoms with Crippen molar-refractivity contribution in [3.05, 3.63) is 66.2 Å². The lowest BCUT2D eigenvalue weighted by Gasteiger charge is -2.23. The quantitative estimate of drug-likeness (QED) is 0.755. The van der Waals surface area contributed by atoms with Crippen molar-refractivity contribution >= 4 is 22.7 Å². The van der Waals surface area contributed by atoms with Gasteiger partial charge in [0.1, 0.15) is 17.2 Å². The Labute approximate surface area is 133 Å². The van der Waals surface area contributed by atoms with Gasteiger partial charge in [-0.05, 0) is 31.2 Å². The molecule has 1 unspecified atom stereocenters. The number of anilines is 1. The zero-order valence-electron chi connectivity index (χ0n) is 12.9. The van der Waals surface area contributed by atoms with E-state index in [-0.39, 0.29) is 11.7 Å². The second-order valence-corrected chi connectivity index (χ2v) is 5.38. The number of hydrogen-bond donors (Lipinski definition) is 1. The largest absolute Gasteiger partial charge is 0.459 e. The van der Waals surface area contributed by atoms with Gasteiger partial charge in [-0.2, -0.15) is 0 Å². The Kier molecular flexibility index (Phi) is 4.02. The van der Waals surface area contributed by atoms with E-state index in [1.54, 1.807) is 19.2 Å². The Hall–Kier alpha value is -2.82. The molecular weight excluding hydrogens is 295 g/mol. The van der Waals surface area contributed by atoms with E-state index >= 15 is 0 Å². The summed E-state index contributed by atoms with van der Waals surface area (Å²) in [6.45, 7) is 1.86. The number of furan rings is 1. The maximum absolute atomic E-state index is 13.6. The monoisotopic (exact) mass is 312 g/mol. The highest BCUT2D eigenvalue weighted by molar-refractivity contribution is 5.89. The molecule has 1 aromatic heterocycles. The maximum Gasteiger partial charge on any atom is 0.322 e. The third-order valence-corrected chi connectivity index (χ3v) is 3.87. The summed E-state index contributed by atoms with van der Waals surface area (Å²) in [5.74, 6) is 0.211. The fourth-order valence-electron chi connectivity index (χ4n) is 2.34. The summed E-state index contributed by atoms with van der Waals surface area (Å²) < 4.78 is 19.4. The number of rotatable bonds is 3. The van der Waals surface area contributed by atoms with E-state index in [1.165, 1.54) is 17.0 Å². The Morgan fingerprint density at radius 3 is 2.61 bits per heavy atom. The van der Waals surface area contributed by atoms with Crippen LogP contribution in [0.4, 0.5) is 14.9 Å². The third kappa shape index (κ3) is 3.04. The van der Waals surface area contributed by atoms with Crippen molar-refractivity contribution in [1.29, 1.82) is 0 Å². The van der Waals surface area contributed by atoms with Crippen LogP contribution in [0, 0.1) is 5.82 Å². The fourth-order valence-corrected chi connectivity index (χ4v) is 2.34. The zero-order chi connectivity index (χ0) is 16.4. The maximum atomic E-state index is 13.6. The van der Waals surface area contributed by atoms with Crippen LogP contribution in [0.3, 0.4) is 0 Å². The van der Waals surface area contributed by atoms with Crippen LogP contribution in [-0.4, -0.2) is 18.0 Å². The van der Waals surface area contributed by atoms with Crippen molar-refractivity contribution in [3.63, 3.8) is 0 Å². The van der Waals surface area contributed by atoms with Gasteiger partial charge in [-0.15, -0.1) is 0 Å². The van der Waals surface area contributed by atoms with Gasteiger partial charge < -0.3 is 14.6 Å². The molecule has 1 atom stereocenters. The second-order valence-electron chi connectivity index (χ2n) is 5.38. The molecule has 3 aromatic rings. The Morgan fingerprint density at radius 2 is 1.87 bits per heavy atom. The van der Waals surface area contributed by atoms with Crippen LogP contribution in [-0.2, 0) is 0 Å². The average Bonchev–Trinajstić information content (AvgIpc) is 2.99. The normalized spacial score (nSPS) is 12.1. The molecule has 1 heterocycles. The molecule has 0 saturated carbocycles.